The van der Waals surface area contributed by atoms with Gasteiger partial charge in [-0.05, 0) is 37.6 Å². The summed E-state index contributed by atoms with van der Waals surface area (Å²) in [6.07, 6.45) is 2.71. The Labute approximate surface area is 141 Å². The second-order valence-electron chi connectivity index (χ2n) is 5.58. The summed E-state index contributed by atoms with van der Waals surface area (Å²) in [4.78, 5) is 16.4. The van der Waals surface area contributed by atoms with Crippen LogP contribution < -0.4 is 4.74 Å². The molecule has 4 nitrogen and oxygen atoms in total. The number of rotatable bonds is 5. The van der Waals surface area contributed by atoms with Crippen molar-refractivity contribution in [3.05, 3.63) is 71.4 Å². The van der Waals surface area contributed by atoms with E-state index in [2.05, 4.69) is 11.9 Å². The zero-order chi connectivity index (χ0) is 16.9. The van der Waals surface area contributed by atoms with Crippen LogP contribution in [0.1, 0.15) is 31.4 Å². The molecule has 0 fully saturated rings. The van der Waals surface area contributed by atoms with E-state index in [1.54, 1.807) is 6.08 Å². The highest BCUT2D eigenvalue weighted by molar-refractivity contribution is 6.12. The minimum Gasteiger partial charge on any atom is -0.490 e. The van der Waals surface area contributed by atoms with Gasteiger partial charge in [-0.15, -0.1) is 0 Å². The number of carbonyl (C=O) groups excluding carboxylic acids is 1. The lowest BCUT2D eigenvalue weighted by molar-refractivity contribution is -0.129. The van der Waals surface area contributed by atoms with Gasteiger partial charge in [0.25, 0.3) is 0 Å². The van der Waals surface area contributed by atoms with Crippen LogP contribution in [0, 0.1) is 0 Å². The maximum Gasteiger partial charge on any atom is 0.363 e. The fraction of sp³-hybridized carbons (Fsp3) is 0.200. The number of para-hydroxylation sites is 1. The highest BCUT2D eigenvalue weighted by Crippen LogP contribution is 2.25. The lowest BCUT2D eigenvalue weighted by Crippen LogP contribution is -2.10. The van der Waals surface area contributed by atoms with Crippen molar-refractivity contribution in [2.45, 2.75) is 26.4 Å². The summed E-state index contributed by atoms with van der Waals surface area (Å²) >= 11 is 0. The zero-order valence-corrected chi connectivity index (χ0v) is 13.7. The van der Waals surface area contributed by atoms with Crippen LogP contribution in [0.15, 0.2) is 65.3 Å². The van der Waals surface area contributed by atoms with Crippen molar-refractivity contribution in [3.8, 4) is 5.75 Å². The van der Waals surface area contributed by atoms with Crippen LogP contribution in [0.5, 0.6) is 5.75 Å². The summed E-state index contributed by atoms with van der Waals surface area (Å²) in [7, 11) is 0. The molecule has 2 aromatic carbocycles. The van der Waals surface area contributed by atoms with Gasteiger partial charge in [-0.2, -0.15) is 0 Å². The molecule has 0 N–H and O–H groups in total. The van der Waals surface area contributed by atoms with Gasteiger partial charge in [-0.25, -0.2) is 9.79 Å². The average molecular weight is 321 g/mol. The van der Waals surface area contributed by atoms with Crippen LogP contribution in [0.3, 0.4) is 0 Å². The molecule has 1 atom stereocenters. The molecule has 1 aliphatic rings. The standard InChI is InChI=1S/C20H19NO3/c1-3-14(2)23-18-12-8-7-11-16(18)13-17-20(22)24-19(21-17)15-9-5-4-6-10-15/h4-14H,3H2,1-2H3/b17-13-. The summed E-state index contributed by atoms with van der Waals surface area (Å²) in [5.41, 5.74) is 1.86. The van der Waals surface area contributed by atoms with E-state index in [4.69, 9.17) is 9.47 Å². The number of nitrogens with zero attached hydrogens (tertiary/aromatic N) is 1. The maximum atomic E-state index is 12.1. The van der Waals surface area contributed by atoms with Crippen molar-refractivity contribution in [2.24, 2.45) is 4.99 Å². The second kappa shape index (κ2) is 7.13. The molecular formula is C20H19NO3. The van der Waals surface area contributed by atoms with Gasteiger partial charge in [0, 0.05) is 11.1 Å². The Bertz CT molecular complexity index is 794. The molecule has 0 saturated heterocycles. The first-order valence-electron chi connectivity index (χ1n) is 8.01. The van der Waals surface area contributed by atoms with E-state index in [0.29, 0.717) is 5.90 Å². The van der Waals surface area contributed by atoms with Crippen LogP contribution in [0.4, 0.5) is 0 Å². The van der Waals surface area contributed by atoms with E-state index < -0.39 is 5.97 Å². The SMILES string of the molecule is CCC(C)Oc1ccccc1/C=C1\N=C(c2ccccc2)OC1=O. The quantitative estimate of drug-likeness (QED) is 0.612. The van der Waals surface area contributed by atoms with Crippen LogP contribution >= 0.6 is 0 Å². The number of hydrogen-bond acceptors (Lipinski definition) is 4. The zero-order valence-electron chi connectivity index (χ0n) is 13.7. The smallest absolute Gasteiger partial charge is 0.363 e. The molecule has 0 aliphatic carbocycles. The highest BCUT2D eigenvalue weighted by Gasteiger charge is 2.24. The number of hydrogen-bond donors (Lipinski definition) is 0. The molecule has 4 heteroatoms. The van der Waals surface area contributed by atoms with Gasteiger partial charge >= 0.3 is 5.97 Å². The lowest BCUT2D eigenvalue weighted by atomic mass is 10.1. The summed E-state index contributed by atoms with van der Waals surface area (Å²) in [6.45, 7) is 4.08. The first-order chi connectivity index (χ1) is 11.7. The Kier molecular flexibility index (Phi) is 4.75. The van der Waals surface area contributed by atoms with Gasteiger partial charge in [0.15, 0.2) is 5.70 Å². The molecule has 0 saturated carbocycles. The molecule has 3 rings (SSSR count). The highest BCUT2D eigenvalue weighted by atomic mass is 16.6. The molecule has 1 unspecified atom stereocenters. The van der Waals surface area contributed by atoms with E-state index in [0.717, 1.165) is 23.3 Å². The Morgan fingerprint density at radius 1 is 1.12 bits per heavy atom. The van der Waals surface area contributed by atoms with E-state index in [9.17, 15) is 4.79 Å². The summed E-state index contributed by atoms with van der Waals surface area (Å²) < 4.78 is 11.2. The number of esters is 1. The van der Waals surface area contributed by atoms with Crippen LogP contribution in [-0.4, -0.2) is 18.0 Å². The Hall–Kier alpha value is -2.88. The van der Waals surface area contributed by atoms with Crippen molar-refractivity contribution in [2.75, 3.05) is 0 Å². The minimum atomic E-state index is -0.452. The van der Waals surface area contributed by atoms with Gasteiger partial charge in [-0.1, -0.05) is 43.3 Å². The van der Waals surface area contributed by atoms with E-state index in [-0.39, 0.29) is 11.8 Å². The van der Waals surface area contributed by atoms with E-state index in [1.165, 1.54) is 0 Å². The van der Waals surface area contributed by atoms with Crippen molar-refractivity contribution >= 4 is 17.9 Å². The Morgan fingerprint density at radius 3 is 2.58 bits per heavy atom. The second-order valence-corrected chi connectivity index (χ2v) is 5.58. The van der Waals surface area contributed by atoms with Gasteiger partial charge in [0.2, 0.25) is 5.90 Å². The molecule has 24 heavy (non-hydrogen) atoms. The number of benzene rings is 2. The summed E-state index contributed by atoms with van der Waals surface area (Å²) in [5, 5.41) is 0. The number of cyclic esters (lactones) is 1. The van der Waals surface area contributed by atoms with Gasteiger partial charge < -0.3 is 9.47 Å². The maximum absolute atomic E-state index is 12.1. The molecular weight excluding hydrogens is 302 g/mol. The first-order valence-corrected chi connectivity index (χ1v) is 8.01. The van der Waals surface area contributed by atoms with Crippen molar-refractivity contribution in [1.29, 1.82) is 0 Å². The van der Waals surface area contributed by atoms with Gasteiger partial charge in [0.05, 0.1) is 6.10 Å². The third kappa shape index (κ3) is 3.54. The predicted octanol–water partition coefficient (Wildman–Crippen LogP) is 4.21. The van der Waals surface area contributed by atoms with Crippen molar-refractivity contribution in [1.82, 2.24) is 0 Å². The molecule has 0 aromatic heterocycles. The Balaban J connectivity index is 1.91. The molecule has 122 valence electrons. The molecule has 2 aromatic rings. The van der Waals surface area contributed by atoms with Crippen LogP contribution in [0.25, 0.3) is 6.08 Å². The number of ether oxygens (including phenoxy) is 2. The normalized spacial score (nSPS) is 16.7. The van der Waals surface area contributed by atoms with Crippen LogP contribution in [0.2, 0.25) is 0 Å². The summed E-state index contributed by atoms with van der Waals surface area (Å²) in [5.74, 6) is 0.606. The molecule has 0 radical (unpaired) electrons. The van der Waals surface area contributed by atoms with Crippen molar-refractivity contribution < 1.29 is 14.3 Å². The average Bonchev–Trinajstić information content (AvgIpc) is 2.98. The largest absolute Gasteiger partial charge is 0.490 e. The molecule has 0 amide bonds. The van der Waals surface area contributed by atoms with Crippen LogP contribution in [-0.2, 0) is 9.53 Å². The van der Waals surface area contributed by atoms with E-state index in [1.807, 2.05) is 61.5 Å². The third-order valence-electron chi connectivity index (χ3n) is 3.76. The van der Waals surface area contributed by atoms with E-state index >= 15 is 0 Å². The fourth-order valence-corrected chi connectivity index (χ4v) is 2.27. The number of carbonyl (C=O) groups is 1. The molecule has 1 aliphatic heterocycles. The predicted molar refractivity (Wildman–Crippen MR) is 93.9 cm³/mol. The molecule has 0 bridgehead atoms. The molecule has 0 spiro atoms. The molecule has 1 heterocycles. The van der Waals surface area contributed by atoms with Gasteiger partial charge in [0.1, 0.15) is 5.75 Å². The third-order valence-corrected chi connectivity index (χ3v) is 3.76. The minimum absolute atomic E-state index is 0.100. The van der Waals surface area contributed by atoms with Crippen molar-refractivity contribution in [3.63, 3.8) is 0 Å². The fourth-order valence-electron chi connectivity index (χ4n) is 2.27. The lowest BCUT2D eigenvalue weighted by Gasteiger charge is -2.14. The van der Waals surface area contributed by atoms with Gasteiger partial charge in [-0.3, -0.25) is 0 Å². The Morgan fingerprint density at radius 2 is 1.83 bits per heavy atom. The monoisotopic (exact) mass is 321 g/mol. The first kappa shape index (κ1) is 16.0. The summed E-state index contributed by atoms with van der Waals surface area (Å²) in [6, 6.07) is 17.0. The topological polar surface area (TPSA) is 47.9 Å². The number of aliphatic imine (C=N–C) groups is 1.